The predicted molar refractivity (Wildman–Crippen MR) is 55.9 cm³/mol. The lowest BCUT2D eigenvalue weighted by Crippen LogP contribution is -2.51. The molecule has 0 aliphatic carbocycles. The summed E-state index contributed by atoms with van der Waals surface area (Å²) in [6.07, 6.45) is 0. The van der Waals surface area contributed by atoms with Gasteiger partial charge in [0.1, 0.15) is 6.04 Å². The Balaban J connectivity index is 4.47. The van der Waals surface area contributed by atoms with Crippen LogP contribution in [-0.2, 0) is 14.3 Å². The van der Waals surface area contributed by atoms with Gasteiger partial charge in [0.15, 0.2) is 0 Å². The Morgan fingerprint density at radius 2 is 1.93 bits per heavy atom. The molecule has 0 saturated heterocycles. The maximum atomic E-state index is 11.7. The fraction of sp³-hybridized carbons (Fsp3) is 0.778. The fourth-order valence-electron chi connectivity index (χ4n) is 1.15. The van der Waals surface area contributed by atoms with E-state index in [9.17, 15) is 9.59 Å². The third kappa shape index (κ3) is 4.75. The Bertz CT molecular complexity index is 231. The maximum Gasteiger partial charge on any atom is 0.242 e. The van der Waals surface area contributed by atoms with Crippen molar-refractivity contribution >= 4 is 11.8 Å². The van der Waals surface area contributed by atoms with Crippen LogP contribution in [0.3, 0.4) is 0 Å². The molecule has 0 rings (SSSR count). The van der Waals surface area contributed by atoms with Crippen LogP contribution in [0.2, 0.25) is 0 Å². The molecule has 0 radical (unpaired) electrons. The van der Waals surface area contributed by atoms with Crippen molar-refractivity contribution in [2.75, 3.05) is 20.3 Å². The van der Waals surface area contributed by atoms with Gasteiger partial charge in [0.25, 0.3) is 0 Å². The van der Waals surface area contributed by atoms with E-state index in [0.29, 0.717) is 0 Å². The molecular formula is C9H19N3O3. The van der Waals surface area contributed by atoms with Crippen LogP contribution < -0.4 is 11.5 Å². The molecule has 0 heterocycles. The molecule has 0 aromatic rings. The molecule has 1 atom stereocenters. The smallest absolute Gasteiger partial charge is 0.242 e. The third-order valence-electron chi connectivity index (χ3n) is 1.90. The second-order valence-electron chi connectivity index (χ2n) is 3.59. The van der Waals surface area contributed by atoms with Gasteiger partial charge >= 0.3 is 0 Å². The first-order chi connectivity index (χ1) is 6.90. The number of hydrogen-bond acceptors (Lipinski definition) is 4. The summed E-state index contributed by atoms with van der Waals surface area (Å²) in [5.41, 5.74) is 10.6. The van der Waals surface area contributed by atoms with Crippen LogP contribution in [0, 0.1) is 0 Å². The van der Waals surface area contributed by atoms with Crippen molar-refractivity contribution in [3.63, 3.8) is 0 Å². The van der Waals surface area contributed by atoms with Gasteiger partial charge in [0, 0.05) is 13.2 Å². The molecule has 1 unspecified atom stereocenters. The normalized spacial score (nSPS) is 12.6. The number of carbonyl (C=O) groups is 2. The lowest BCUT2D eigenvalue weighted by atomic mass is 10.2. The van der Waals surface area contributed by atoms with Gasteiger partial charge in [-0.15, -0.1) is 0 Å². The number of rotatable bonds is 6. The van der Waals surface area contributed by atoms with E-state index in [1.165, 1.54) is 12.0 Å². The van der Waals surface area contributed by atoms with Crippen LogP contribution in [0.4, 0.5) is 0 Å². The summed E-state index contributed by atoms with van der Waals surface area (Å²) < 4.78 is 4.77. The molecule has 6 heteroatoms. The molecule has 0 fully saturated rings. The maximum absolute atomic E-state index is 11.7. The van der Waals surface area contributed by atoms with Gasteiger partial charge in [0.2, 0.25) is 11.8 Å². The van der Waals surface area contributed by atoms with E-state index in [1.807, 2.05) is 0 Å². The van der Waals surface area contributed by atoms with E-state index in [-0.39, 0.29) is 25.1 Å². The Labute approximate surface area is 89.5 Å². The number of nitrogens with two attached hydrogens (primary N) is 2. The van der Waals surface area contributed by atoms with E-state index in [4.69, 9.17) is 16.2 Å². The lowest BCUT2D eigenvalue weighted by Gasteiger charge is -2.27. The van der Waals surface area contributed by atoms with E-state index in [0.717, 1.165) is 0 Å². The molecule has 0 aromatic heterocycles. The summed E-state index contributed by atoms with van der Waals surface area (Å²) >= 11 is 0. The van der Waals surface area contributed by atoms with Crippen LogP contribution in [-0.4, -0.2) is 49.1 Å². The Hall–Kier alpha value is -1.14. The molecule has 0 spiro atoms. The topological polar surface area (TPSA) is 98.7 Å². The van der Waals surface area contributed by atoms with Crippen molar-refractivity contribution in [1.82, 2.24) is 4.90 Å². The highest BCUT2D eigenvalue weighted by molar-refractivity contribution is 5.87. The Kier molecular flexibility index (Phi) is 5.88. The zero-order valence-electron chi connectivity index (χ0n) is 9.40. The van der Waals surface area contributed by atoms with Gasteiger partial charge in [-0.2, -0.15) is 0 Å². The number of methoxy groups -OCH3 is 1. The monoisotopic (exact) mass is 217 g/mol. The van der Waals surface area contributed by atoms with Gasteiger partial charge in [-0.05, 0) is 13.8 Å². The third-order valence-corrected chi connectivity index (χ3v) is 1.90. The molecule has 6 nitrogen and oxygen atoms in total. The van der Waals surface area contributed by atoms with Crippen LogP contribution in [0.5, 0.6) is 0 Å². The number of ether oxygens (including phenoxy) is 1. The minimum atomic E-state index is -0.753. The van der Waals surface area contributed by atoms with E-state index in [1.54, 1.807) is 13.8 Å². The van der Waals surface area contributed by atoms with Crippen molar-refractivity contribution < 1.29 is 14.3 Å². The molecule has 0 saturated carbocycles. The molecule has 15 heavy (non-hydrogen) atoms. The van der Waals surface area contributed by atoms with Gasteiger partial charge in [0.05, 0.1) is 13.2 Å². The highest BCUT2D eigenvalue weighted by Gasteiger charge is 2.24. The van der Waals surface area contributed by atoms with Crippen molar-refractivity contribution in [1.29, 1.82) is 0 Å². The number of amides is 2. The van der Waals surface area contributed by atoms with E-state index >= 15 is 0 Å². The summed E-state index contributed by atoms with van der Waals surface area (Å²) in [5, 5.41) is 0. The first kappa shape index (κ1) is 13.9. The van der Waals surface area contributed by atoms with Crippen LogP contribution >= 0.6 is 0 Å². The second kappa shape index (κ2) is 6.36. The van der Waals surface area contributed by atoms with Gasteiger partial charge in [-0.1, -0.05) is 0 Å². The molecule has 0 aromatic carbocycles. The largest absolute Gasteiger partial charge is 0.383 e. The predicted octanol–water partition coefficient (Wildman–Crippen LogP) is -1.32. The molecule has 88 valence electrons. The van der Waals surface area contributed by atoms with Gasteiger partial charge < -0.3 is 21.1 Å². The zero-order valence-corrected chi connectivity index (χ0v) is 9.40. The second-order valence-corrected chi connectivity index (χ2v) is 3.59. The molecule has 2 amide bonds. The number of hydrogen-bond donors (Lipinski definition) is 2. The van der Waals surface area contributed by atoms with Gasteiger partial charge in [-0.3, -0.25) is 9.59 Å². The first-order valence-electron chi connectivity index (χ1n) is 4.73. The number of nitrogens with zero attached hydrogens (tertiary/aromatic N) is 1. The fourth-order valence-corrected chi connectivity index (χ4v) is 1.15. The molecular weight excluding hydrogens is 198 g/mol. The standard InChI is InChI=1S/C9H19N3O3/c1-6(2)12(4-8(11)13)9(14)7(10)5-15-3/h6-7H,4-5,10H2,1-3H3,(H2,11,13). The van der Waals surface area contributed by atoms with Crippen molar-refractivity contribution in [2.45, 2.75) is 25.9 Å². The summed E-state index contributed by atoms with van der Waals surface area (Å²) in [6, 6.07) is -0.871. The van der Waals surface area contributed by atoms with Crippen LogP contribution in [0.15, 0.2) is 0 Å². The lowest BCUT2D eigenvalue weighted by molar-refractivity contribution is -0.139. The average molecular weight is 217 g/mol. The van der Waals surface area contributed by atoms with Crippen molar-refractivity contribution in [3.05, 3.63) is 0 Å². The summed E-state index contributed by atoms with van der Waals surface area (Å²) in [5.74, 6) is -0.882. The molecule has 0 aliphatic heterocycles. The number of carbonyl (C=O) groups excluding carboxylic acids is 2. The summed E-state index contributed by atoms with van der Waals surface area (Å²) in [7, 11) is 1.46. The summed E-state index contributed by atoms with van der Waals surface area (Å²) in [4.78, 5) is 23.8. The number of primary amides is 1. The van der Waals surface area contributed by atoms with Gasteiger partial charge in [-0.25, -0.2) is 0 Å². The SMILES string of the molecule is COCC(N)C(=O)N(CC(N)=O)C(C)C. The van der Waals surface area contributed by atoms with Crippen LogP contribution in [0.1, 0.15) is 13.8 Å². The quantitative estimate of drug-likeness (QED) is 0.576. The Morgan fingerprint density at radius 3 is 2.27 bits per heavy atom. The first-order valence-corrected chi connectivity index (χ1v) is 4.73. The molecule has 0 bridgehead atoms. The Morgan fingerprint density at radius 1 is 1.40 bits per heavy atom. The molecule has 0 aliphatic rings. The molecule has 4 N–H and O–H groups in total. The van der Waals surface area contributed by atoms with Crippen molar-refractivity contribution in [2.24, 2.45) is 11.5 Å². The van der Waals surface area contributed by atoms with E-state index < -0.39 is 11.9 Å². The minimum absolute atomic E-state index is 0.117. The summed E-state index contributed by atoms with van der Waals surface area (Å²) in [6.45, 7) is 3.59. The van der Waals surface area contributed by atoms with E-state index in [2.05, 4.69) is 0 Å². The van der Waals surface area contributed by atoms with Crippen LogP contribution in [0.25, 0.3) is 0 Å². The zero-order chi connectivity index (χ0) is 12.0. The van der Waals surface area contributed by atoms with Crippen molar-refractivity contribution in [3.8, 4) is 0 Å². The highest BCUT2D eigenvalue weighted by atomic mass is 16.5. The minimum Gasteiger partial charge on any atom is -0.383 e. The highest BCUT2D eigenvalue weighted by Crippen LogP contribution is 2.01. The average Bonchev–Trinajstić information content (AvgIpc) is 2.12.